The van der Waals surface area contributed by atoms with Crippen molar-refractivity contribution in [3.05, 3.63) is 28.5 Å². The van der Waals surface area contributed by atoms with Gasteiger partial charge in [-0.15, -0.1) is 0 Å². The number of carbonyl (C=O) groups is 1. The number of ether oxygens (including phenoxy) is 1. The minimum atomic E-state index is -0.151. The highest BCUT2D eigenvalue weighted by atomic mass is 35.5. The molecule has 0 aromatic carbocycles. The van der Waals surface area contributed by atoms with Crippen LogP contribution in [0, 0.1) is 6.92 Å². The molecule has 4 nitrogen and oxygen atoms in total. The second-order valence-electron chi connectivity index (χ2n) is 4.04. The molecular formula is C13H19ClN2O2. The first kappa shape index (κ1) is 14.9. The standard InChI is InChI=1S/C13H19ClN2O2/c1-3-4-6-18-7-5-15-13(17)11-8-10(2)16-12(14)9-11/h8-9H,3-7H2,1-2H3,(H,15,17). The number of aryl methyl sites for hydroxylation is 1. The number of hydrogen-bond acceptors (Lipinski definition) is 3. The maximum absolute atomic E-state index is 11.8. The second kappa shape index (κ2) is 8.06. The smallest absolute Gasteiger partial charge is 0.251 e. The molecule has 1 aromatic rings. The maximum atomic E-state index is 11.8. The zero-order valence-electron chi connectivity index (χ0n) is 10.8. The van der Waals surface area contributed by atoms with Crippen molar-refractivity contribution in [3.63, 3.8) is 0 Å². The van der Waals surface area contributed by atoms with E-state index in [0.717, 1.165) is 25.1 Å². The largest absolute Gasteiger partial charge is 0.380 e. The average Bonchev–Trinajstić information content (AvgIpc) is 2.32. The van der Waals surface area contributed by atoms with Crippen LogP contribution in [0.5, 0.6) is 0 Å². The van der Waals surface area contributed by atoms with Crippen LogP contribution in [0.3, 0.4) is 0 Å². The van der Waals surface area contributed by atoms with E-state index in [1.54, 1.807) is 19.1 Å². The number of amides is 1. The Morgan fingerprint density at radius 3 is 2.89 bits per heavy atom. The number of aromatic nitrogens is 1. The van der Waals surface area contributed by atoms with Crippen LogP contribution in [-0.2, 0) is 4.74 Å². The van der Waals surface area contributed by atoms with Gasteiger partial charge in [-0.1, -0.05) is 24.9 Å². The molecule has 1 heterocycles. The fourth-order valence-electron chi connectivity index (χ4n) is 1.45. The minimum absolute atomic E-state index is 0.151. The van der Waals surface area contributed by atoms with Gasteiger partial charge in [-0.3, -0.25) is 4.79 Å². The van der Waals surface area contributed by atoms with Crippen molar-refractivity contribution in [2.45, 2.75) is 26.7 Å². The monoisotopic (exact) mass is 270 g/mol. The highest BCUT2D eigenvalue weighted by Crippen LogP contribution is 2.10. The van der Waals surface area contributed by atoms with Gasteiger partial charge < -0.3 is 10.1 Å². The van der Waals surface area contributed by atoms with Crippen LogP contribution < -0.4 is 5.32 Å². The number of nitrogens with one attached hydrogen (secondary N) is 1. The van der Waals surface area contributed by atoms with E-state index < -0.39 is 0 Å². The Hall–Kier alpha value is -1.13. The summed E-state index contributed by atoms with van der Waals surface area (Å²) in [4.78, 5) is 15.8. The van der Waals surface area contributed by atoms with E-state index in [0.29, 0.717) is 23.9 Å². The number of nitrogens with zero attached hydrogens (tertiary/aromatic N) is 1. The Bertz CT molecular complexity index is 376. The van der Waals surface area contributed by atoms with Gasteiger partial charge in [-0.2, -0.15) is 0 Å². The van der Waals surface area contributed by atoms with Gasteiger partial charge in [0.1, 0.15) is 5.15 Å². The fraction of sp³-hybridized carbons (Fsp3) is 0.538. The second-order valence-corrected chi connectivity index (χ2v) is 4.43. The summed E-state index contributed by atoms with van der Waals surface area (Å²) in [6.45, 7) is 5.69. The van der Waals surface area contributed by atoms with Gasteiger partial charge in [0.2, 0.25) is 0 Å². The van der Waals surface area contributed by atoms with Crippen LogP contribution in [-0.4, -0.2) is 30.6 Å². The molecule has 100 valence electrons. The van der Waals surface area contributed by atoms with E-state index in [-0.39, 0.29) is 5.91 Å². The van der Waals surface area contributed by atoms with Crippen LogP contribution in [0.1, 0.15) is 35.8 Å². The molecule has 18 heavy (non-hydrogen) atoms. The van der Waals surface area contributed by atoms with Gasteiger partial charge in [-0.05, 0) is 25.5 Å². The number of halogens is 1. The van der Waals surface area contributed by atoms with Crippen LogP contribution in [0.2, 0.25) is 5.15 Å². The number of pyridine rings is 1. The summed E-state index contributed by atoms with van der Waals surface area (Å²) in [7, 11) is 0. The predicted octanol–water partition coefficient (Wildman–Crippen LogP) is 2.59. The lowest BCUT2D eigenvalue weighted by molar-refractivity contribution is 0.0912. The lowest BCUT2D eigenvalue weighted by Gasteiger charge is -2.07. The van der Waals surface area contributed by atoms with Crippen molar-refractivity contribution in [3.8, 4) is 0 Å². The summed E-state index contributed by atoms with van der Waals surface area (Å²) in [5.41, 5.74) is 1.26. The molecule has 1 aromatic heterocycles. The SMILES string of the molecule is CCCCOCCNC(=O)c1cc(C)nc(Cl)c1. The zero-order chi connectivity index (χ0) is 13.4. The number of unbranched alkanes of at least 4 members (excludes halogenated alkanes) is 1. The normalized spacial score (nSPS) is 10.4. The first-order valence-electron chi connectivity index (χ1n) is 6.13. The molecule has 0 unspecified atom stereocenters. The van der Waals surface area contributed by atoms with Crippen molar-refractivity contribution >= 4 is 17.5 Å². The Morgan fingerprint density at radius 1 is 1.44 bits per heavy atom. The molecule has 0 saturated heterocycles. The van der Waals surface area contributed by atoms with Gasteiger partial charge in [0.05, 0.1) is 6.61 Å². The zero-order valence-corrected chi connectivity index (χ0v) is 11.6. The van der Waals surface area contributed by atoms with Crippen molar-refractivity contribution < 1.29 is 9.53 Å². The number of hydrogen-bond donors (Lipinski definition) is 1. The summed E-state index contributed by atoms with van der Waals surface area (Å²) in [5.74, 6) is -0.151. The average molecular weight is 271 g/mol. The summed E-state index contributed by atoms with van der Waals surface area (Å²) in [5, 5.41) is 3.11. The Balaban J connectivity index is 2.32. The molecule has 1 N–H and O–H groups in total. The van der Waals surface area contributed by atoms with Gasteiger partial charge in [0.25, 0.3) is 5.91 Å². The molecule has 0 aliphatic heterocycles. The molecule has 0 aliphatic rings. The molecule has 1 rings (SSSR count). The third-order valence-corrected chi connectivity index (χ3v) is 2.55. The molecule has 0 radical (unpaired) electrons. The first-order chi connectivity index (χ1) is 8.63. The number of carbonyl (C=O) groups excluding carboxylic acids is 1. The first-order valence-corrected chi connectivity index (χ1v) is 6.51. The molecule has 0 aliphatic carbocycles. The van der Waals surface area contributed by atoms with E-state index in [1.165, 1.54) is 0 Å². The van der Waals surface area contributed by atoms with E-state index in [9.17, 15) is 4.79 Å². The Morgan fingerprint density at radius 2 is 2.22 bits per heavy atom. The predicted molar refractivity (Wildman–Crippen MR) is 72.0 cm³/mol. The summed E-state index contributed by atoms with van der Waals surface area (Å²) in [6.07, 6.45) is 2.16. The Kier molecular flexibility index (Phi) is 6.68. The van der Waals surface area contributed by atoms with Crippen LogP contribution in [0.4, 0.5) is 0 Å². The van der Waals surface area contributed by atoms with Gasteiger partial charge >= 0.3 is 0 Å². The van der Waals surface area contributed by atoms with E-state index in [2.05, 4.69) is 17.2 Å². The van der Waals surface area contributed by atoms with Crippen molar-refractivity contribution in [1.29, 1.82) is 0 Å². The third kappa shape index (κ3) is 5.47. The van der Waals surface area contributed by atoms with E-state index >= 15 is 0 Å². The van der Waals surface area contributed by atoms with Crippen molar-refractivity contribution in [1.82, 2.24) is 10.3 Å². The maximum Gasteiger partial charge on any atom is 0.251 e. The van der Waals surface area contributed by atoms with Gasteiger partial charge in [0, 0.05) is 24.4 Å². The molecular weight excluding hydrogens is 252 g/mol. The lowest BCUT2D eigenvalue weighted by Crippen LogP contribution is -2.27. The van der Waals surface area contributed by atoms with Crippen LogP contribution in [0.25, 0.3) is 0 Å². The molecule has 1 amide bonds. The molecule has 0 fully saturated rings. The third-order valence-electron chi connectivity index (χ3n) is 2.36. The fourth-order valence-corrected chi connectivity index (χ4v) is 1.70. The summed E-state index contributed by atoms with van der Waals surface area (Å²) >= 11 is 5.80. The molecule has 0 atom stereocenters. The highest BCUT2D eigenvalue weighted by Gasteiger charge is 2.07. The lowest BCUT2D eigenvalue weighted by atomic mass is 10.2. The quantitative estimate of drug-likeness (QED) is 0.612. The van der Waals surface area contributed by atoms with Crippen molar-refractivity contribution in [2.24, 2.45) is 0 Å². The molecule has 0 saturated carbocycles. The number of rotatable bonds is 7. The van der Waals surface area contributed by atoms with E-state index in [1.807, 2.05) is 0 Å². The molecule has 0 bridgehead atoms. The van der Waals surface area contributed by atoms with Gasteiger partial charge in [-0.25, -0.2) is 4.98 Å². The van der Waals surface area contributed by atoms with Gasteiger partial charge in [0.15, 0.2) is 0 Å². The Labute approximate surface area is 113 Å². The molecule has 0 spiro atoms. The highest BCUT2D eigenvalue weighted by molar-refractivity contribution is 6.29. The van der Waals surface area contributed by atoms with Crippen molar-refractivity contribution in [2.75, 3.05) is 19.8 Å². The topological polar surface area (TPSA) is 51.2 Å². The van der Waals surface area contributed by atoms with Crippen LogP contribution in [0.15, 0.2) is 12.1 Å². The van der Waals surface area contributed by atoms with E-state index in [4.69, 9.17) is 16.3 Å². The minimum Gasteiger partial charge on any atom is -0.380 e. The van der Waals surface area contributed by atoms with Crippen LogP contribution >= 0.6 is 11.6 Å². The summed E-state index contributed by atoms with van der Waals surface area (Å²) < 4.78 is 5.35. The molecule has 5 heteroatoms. The summed E-state index contributed by atoms with van der Waals surface area (Å²) in [6, 6.07) is 3.26.